The summed E-state index contributed by atoms with van der Waals surface area (Å²) in [5, 5.41) is 9.29. The summed E-state index contributed by atoms with van der Waals surface area (Å²) < 4.78 is 0. The number of hydrogen-bond donors (Lipinski definition) is 5. The largest absolute Gasteiger partial charge is 0.465 e. The van der Waals surface area contributed by atoms with Crippen molar-refractivity contribution in [2.45, 2.75) is 30.7 Å². The van der Waals surface area contributed by atoms with E-state index >= 15 is 0 Å². The first-order valence-electron chi connectivity index (χ1n) is 6.40. The van der Waals surface area contributed by atoms with Crippen molar-refractivity contribution in [1.82, 2.24) is 4.90 Å². The first-order valence-corrected chi connectivity index (χ1v) is 6.85. The molecule has 1 aliphatic rings. The third kappa shape index (κ3) is 4.78. The molecule has 1 aromatic carbocycles. The van der Waals surface area contributed by atoms with Gasteiger partial charge in [0.2, 0.25) is 0 Å². The minimum absolute atomic E-state index is 0. The minimum Gasteiger partial charge on any atom is -0.465 e. The molecule has 1 saturated heterocycles. The second-order valence-corrected chi connectivity index (χ2v) is 5.43. The maximum Gasteiger partial charge on any atom is 0.407 e. The molecule has 8 heteroatoms. The summed E-state index contributed by atoms with van der Waals surface area (Å²) in [7, 11) is 0. The summed E-state index contributed by atoms with van der Waals surface area (Å²) in [5.74, 6) is 8.42. The van der Waals surface area contributed by atoms with Gasteiger partial charge in [0.05, 0.1) is 6.04 Å². The predicted octanol–water partition coefficient (Wildman–Crippen LogP) is 1.00. The van der Waals surface area contributed by atoms with E-state index in [-0.39, 0.29) is 11.5 Å². The van der Waals surface area contributed by atoms with E-state index in [1.54, 1.807) is 0 Å². The standard InChI is InChI=1S/C13H18N2O2S.H4N2.H2O/c1-8-2-4-11(15(7-8)13(16)17)9-3-5-12(18)10(14)6-9;1-2;/h3,5-6,8,11,18H,2,4,7,14H2,1H3,(H,16,17);1-2H2;1H2. The molecule has 0 spiro atoms. The van der Waals surface area contributed by atoms with E-state index in [2.05, 4.69) is 31.2 Å². The van der Waals surface area contributed by atoms with Crippen molar-refractivity contribution in [1.29, 1.82) is 0 Å². The van der Waals surface area contributed by atoms with Crippen molar-refractivity contribution in [3.05, 3.63) is 23.8 Å². The van der Waals surface area contributed by atoms with Gasteiger partial charge in [-0.05, 0) is 36.5 Å². The molecule has 2 rings (SSSR count). The van der Waals surface area contributed by atoms with Crippen LogP contribution in [0.5, 0.6) is 0 Å². The zero-order chi connectivity index (χ0) is 15.3. The van der Waals surface area contributed by atoms with Crippen molar-refractivity contribution >= 4 is 24.4 Å². The molecule has 0 aromatic heterocycles. The highest BCUT2D eigenvalue weighted by Crippen LogP contribution is 2.34. The fraction of sp³-hybridized carbons (Fsp3) is 0.462. The molecule has 0 bridgehead atoms. The van der Waals surface area contributed by atoms with Crippen LogP contribution in [-0.2, 0) is 0 Å². The van der Waals surface area contributed by atoms with Crippen LogP contribution in [0.3, 0.4) is 0 Å². The quantitative estimate of drug-likeness (QED) is 0.227. The number of carbonyl (C=O) groups is 1. The van der Waals surface area contributed by atoms with Gasteiger partial charge >= 0.3 is 6.09 Å². The Morgan fingerprint density at radius 3 is 2.52 bits per heavy atom. The molecule has 0 aliphatic carbocycles. The molecule has 0 radical (unpaired) electrons. The van der Waals surface area contributed by atoms with E-state index in [0.29, 0.717) is 18.2 Å². The Labute approximate surface area is 129 Å². The monoisotopic (exact) mass is 316 g/mol. The molecule has 2 unspecified atom stereocenters. The average molecular weight is 316 g/mol. The van der Waals surface area contributed by atoms with Crippen LogP contribution in [0.4, 0.5) is 10.5 Å². The summed E-state index contributed by atoms with van der Waals surface area (Å²) in [4.78, 5) is 13.6. The molecule has 1 fully saturated rings. The number of nitrogens with two attached hydrogens (primary N) is 3. The van der Waals surface area contributed by atoms with Gasteiger partial charge in [-0.25, -0.2) is 4.79 Å². The number of anilines is 1. The Morgan fingerprint density at radius 1 is 1.38 bits per heavy atom. The molecule has 0 saturated carbocycles. The smallest absolute Gasteiger partial charge is 0.407 e. The fourth-order valence-corrected chi connectivity index (χ4v) is 2.63. The van der Waals surface area contributed by atoms with Gasteiger partial charge in [-0.15, -0.1) is 12.6 Å². The number of carboxylic acid groups (broad SMARTS) is 1. The summed E-state index contributed by atoms with van der Waals surface area (Å²) in [6.07, 6.45) is 1.02. The zero-order valence-electron chi connectivity index (χ0n) is 12.0. The van der Waals surface area contributed by atoms with Gasteiger partial charge in [0.1, 0.15) is 0 Å². The second kappa shape index (κ2) is 8.73. The molecule has 120 valence electrons. The van der Waals surface area contributed by atoms with Gasteiger partial charge in [-0.1, -0.05) is 13.0 Å². The van der Waals surface area contributed by atoms with Crippen molar-refractivity contribution in [3.8, 4) is 0 Å². The first-order chi connectivity index (χ1) is 9.49. The highest BCUT2D eigenvalue weighted by molar-refractivity contribution is 7.80. The molecule has 1 amide bonds. The summed E-state index contributed by atoms with van der Waals surface area (Å²) in [6, 6.07) is 5.48. The van der Waals surface area contributed by atoms with Gasteiger partial charge in [0.25, 0.3) is 0 Å². The van der Waals surface area contributed by atoms with Gasteiger partial charge in [0.15, 0.2) is 0 Å². The number of piperidine rings is 1. The molecule has 2 atom stereocenters. The van der Waals surface area contributed by atoms with Crippen LogP contribution < -0.4 is 17.4 Å². The van der Waals surface area contributed by atoms with E-state index in [4.69, 9.17) is 5.73 Å². The zero-order valence-corrected chi connectivity index (χ0v) is 12.9. The molecule has 9 N–H and O–H groups in total. The van der Waals surface area contributed by atoms with Crippen LogP contribution in [0, 0.1) is 5.92 Å². The number of thiol groups is 1. The van der Waals surface area contributed by atoms with E-state index in [0.717, 1.165) is 23.3 Å². The number of hydrazine groups is 1. The number of nitrogen functional groups attached to an aromatic ring is 1. The molecule has 1 heterocycles. The summed E-state index contributed by atoms with van der Waals surface area (Å²) in [5.41, 5.74) is 7.39. The van der Waals surface area contributed by atoms with E-state index in [1.807, 2.05) is 18.2 Å². The molecule has 1 aromatic rings. The molecular formula is C13H24N4O3S. The number of nitrogens with zero attached hydrogens (tertiary/aromatic N) is 1. The third-order valence-corrected chi connectivity index (χ3v) is 3.91. The van der Waals surface area contributed by atoms with E-state index < -0.39 is 6.09 Å². The van der Waals surface area contributed by atoms with Gasteiger partial charge in [-0.2, -0.15) is 0 Å². The maximum absolute atomic E-state index is 11.3. The maximum atomic E-state index is 11.3. The number of amides is 1. The molecule has 7 nitrogen and oxygen atoms in total. The Morgan fingerprint density at radius 2 is 2.00 bits per heavy atom. The molecule has 21 heavy (non-hydrogen) atoms. The lowest BCUT2D eigenvalue weighted by molar-refractivity contribution is 0.0900. The normalized spacial score (nSPS) is 20.9. The highest BCUT2D eigenvalue weighted by Gasteiger charge is 2.30. The van der Waals surface area contributed by atoms with Crippen LogP contribution >= 0.6 is 12.6 Å². The van der Waals surface area contributed by atoms with Gasteiger partial charge in [0, 0.05) is 17.1 Å². The van der Waals surface area contributed by atoms with Crippen molar-refractivity contribution in [3.63, 3.8) is 0 Å². The highest BCUT2D eigenvalue weighted by atomic mass is 32.1. The van der Waals surface area contributed by atoms with Crippen LogP contribution in [0.2, 0.25) is 0 Å². The Bertz CT molecular complexity index is 473. The Balaban J connectivity index is 0.00000128. The molecule has 1 aliphatic heterocycles. The van der Waals surface area contributed by atoms with Crippen molar-refractivity contribution in [2.24, 2.45) is 17.6 Å². The summed E-state index contributed by atoms with van der Waals surface area (Å²) in [6.45, 7) is 2.67. The van der Waals surface area contributed by atoms with E-state index in [1.165, 1.54) is 4.90 Å². The lowest BCUT2D eigenvalue weighted by atomic mass is 9.90. The van der Waals surface area contributed by atoms with Gasteiger partial charge in [-0.3, -0.25) is 11.7 Å². The lowest BCUT2D eigenvalue weighted by Gasteiger charge is -2.37. The van der Waals surface area contributed by atoms with E-state index in [9.17, 15) is 9.90 Å². The van der Waals surface area contributed by atoms with Gasteiger partial charge < -0.3 is 21.2 Å². The third-order valence-electron chi connectivity index (χ3n) is 3.50. The lowest BCUT2D eigenvalue weighted by Crippen LogP contribution is -2.40. The number of benzene rings is 1. The summed E-state index contributed by atoms with van der Waals surface area (Å²) >= 11 is 4.23. The SMILES string of the molecule is CC1CCC(c2ccc(S)c(N)c2)N(C(=O)O)C1.NN.O. The number of hydrogen-bond acceptors (Lipinski definition) is 5. The minimum atomic E-state index is -0.861. The van der Waals surface area contributed by atoms with Crippen molar-refractivity contribution in [2.75, 3.05) is 12.3 Å². The first kappa shape index (κ1) is 19.5. The van der Waals surface area contributed by atoms with Crippen LogP contribution in [0.15, 0.2) is 23.1 Å². The topological polar surface area (TPSA) is 150 Å². The number of likely N-dealkylation sites (tertiary alicyclic amines) is 1. The van der Waals surface area contributed by atoms with Crippen LogP contribution in [0.1, 0.15) is 31.4 Å². The van der Waals surface area contributed by atoms with Crippen LogP contribution in [-0.4, -0.2) is 28.1 Å². The number of rotatable bonds is 1. The Hall–Kier alpha value is -1.48. The average Bonchev–Trinajstić information content (AvgIpc) is 2.44. The molecular weight excluding hydrogens is 292 g/mol. The van der Waals surface area contributed by atoms with Crippen LogP contribution in [0.25, 0.3) is 0 Å². The Kier molecular flexibility index (Phi) is 8.11. The fourth-order valence-electron chi connectivity index (χ4n) is 2.49. The van der Waals surface area contributed by atoms with Crippen molar-refractivity contribution < 1.29 is 15.4 Å². The second-order valence-electron chi connectivity index (χ2n) is 4.95. The predicted molar refractivity (Wildman–Crippen MR) is 86.0 cm³/mol.